The summed E-state index contributed by atoms with van der Waals surface area (Å²) in [5, 5.41) is 5.70. The summed E-state index contributed by atoms with van der Waals surface area (Å²) in [5.41, 5.74) is 4.11. The van der Waals surface area contributed by atoms with Crippen LogP contribution in [0.15, 0.2) is 81.9 Å². The van der Waals surface area contributed by atoms with E-state index in [4.69, 9.17) is 11.6 Å². The van der Waals surface area contributed by atoms with E-state index in [2.05, 4.69) is 26.6 Å². The molecule has 3 aromatic rings. The van der Waals surface area contributed by atoms with E-state index < -0.39 is 11.8 Å². The van der Waals surface area contributed by atoms with Crippen molar-refractivity contribution in [3.63, 3.8) is 0 Å². The molecule has 0 aromatic heterocycles. The van der Waals surface area contributed by atoms with Gasteiger partial charge in [-0.2, -0.15) is 0 Å². The van der Waals surface area contributed by atoms with Crippen molar-refractivity contribution in [2.45, 2.75) is 20.4 Å². The highest BCUT2D eigenvalue weighted by Crippen LogP contribution is 2.29. The molecular formula is C26H21BrClN3O3. The van der Waals surface area contributed by atoms with Crippen molar-refractivity contribution in [3.05, 3.63) is 104 Å². The standard InChI is InChI=1S/C26H21BrClN3O3/c1-15-8-9-18(24(32)30-20-11-10-19(27)12-16(20)2)13-21(15)29-23-22(28)25(33)31(26(23)34)14-17-6-4-3-5-7-17/h3-13,29H,14H2,1-2H3,(H,30,32). The minimum Gasteiger partial charge on any atom is -0.349 e. The lowest BCUT2D eigenvalue weighted by Gasteiger charge is -2.16. The molecule has 1 aliphatic heterocycles. The quantitative estimate of drug-likeness (QED) is 0.392. The largest absolute Gasteiger partial charge is 0.349 e. The molecule has 6 nitrogen and oxygen atoms in total. The Morgan fingerprint density at radius 2 is 1.65 bits per heavy atom. The van der Waals surface area contributed by atoms with Gasteiger partial charge in [-0.15, -0.1) is 0 Å². The first-order chi connectivity index (χ1) is 16.2. The summed E-state index contributed by atoms with van der Waals surface area (Å²) in [6.45, 7) is 3.86. The number of halogens is 2. The highest BCUT2D eigenvalue weighted by atomic mass is 79.9. The van der Waals surface area contributed by atoms with Crippen LogP contribution in [-0.2, 0) is 16.1 Å². The second-order valence-corrected chi connectivity index (χ2v) is 9.23. The molecule has 0 unspecified atom stereocenters. The zero-order valence-corrected chi connectivity index (χ0v) is 20.8. The summed E-state index contributed by atoms with van der Waals surface area (Å²) < 4.78 is 0.923. The maximum atomic E-state index is 13.0. The van der Waals surface area contributed by atoms with E-state index in [0.717, 1.165) is 26.1 Å². The predicted octanol–water partition coefficient (Wildman–Crippen LogP) is 5.75. The molecule has 0 bridgehead atoms. The van der Waals surface area contributed by atoms with Gasteiger partial charge in [-0.25, -0.2) is 0 Å². The van der Waals surface area contributed by atoms with Crippen LogP contribution in [0.5, 0.6) is 0 Å². The first kappa shape index (κ1) is 23.7. The van der Waals surface area contributed by atoms with Crippen LogP contribution in [-0.4, -0.2) is 22.6 Å². The van der Waals surface area contributed by atoms with E-state index in [-0.39, 0.29) is 23.2 Å². The number of carbonyl (C=O) groups excluding carboxylic acids is 3. The highest BCUT2D eigenvalue weighted by Gasteiger charge is 2.38. The van der Waals surface area contributed by atoms with Crippen LogP contribution in [0, 0.1) is 13.8 Å². The molecule has 0 aliphatic carbocycles. The summed E-state index contributed by atoms with van der Waals surface area (Å²) in [7, 11) is 0. The molecule has 2 N–H and O–H groups in total. The van der Waals surface area contributed by atoms with Crippen LogP contribution >= 0.6 is 27.5 Å². The van der Waals surface area contributed by atoms with Crippen molar-refractivity contribution < 1.29 is 14.4 Å². The van der Waals surface area contributed by atoms with E-state index in [1.54, 1.807) is 18.2 Å². The Balaban J connectivity index is 1.54. The number of carbonyl (C=O) groups is 3. The van der Waals surface area contributed by atoms with Crippen molar-refractivity contribution in [1.29, 1.82) is 0 Å². The topological polar surface area (TPSA) is 78.5 Å². The minimum atomic E-state index is -0.560. The van der Waals surface area contributed by atoms with Gasteiger partial charge in [-0.1, -0.05) is 63.9 Å². The van der Waals surface area contributed by atoms with E-state index in [1.807, 2.05) is 62.4 Å². The molecular weight excluding hydrogens is 518 g/mol. The lowest BCUT2D eigenvalue weighted by molar-refractivity contribution is -0.138. The molecule has 8 heteroatoms. The third-order valence-electron chi connectivity index (χ3n) is 5.49. The van der Waals surface area contributed by atoms with Gasteiger partial charge in [0.05, 0.1) is 6.54 Å². The van der Waals surface area contributed by atoms with Crippen molar-refractivity contribution in [2.24, 2.45) is 0 Å². The number of imide groups is 1. The number of nitrogens with one attached hydrogen (secondary N) is 2. The molecule has 34 heavy (non-hydrogen) atoms. The lowest BCUT2D eigenvalue weighted by Crippen LogP contribution is -2.31. The Hall–Kier alpha value is -3.42. The Morgan fingerprint density at radius 3 is 2.35 bits per heavy atom. The zero-order chi connectivity index (χ0) is 24.4. The minimum absolute atomic E-state index is 0.00740. The first-order valence-electron chi connectivity index (χ1n) is 10.5. The number of nitrogens with zero attached hydrogens (tertiary/aromatic N) is 1. The Morgan fingerprint density at radius 1 is 0.912 bits per heavy atom. The molecule has 0 fully saturated rings. The van der Waals surface area contributed by atoms with E-state index in [9.17, 15) is 14.4 Å². The summed E-state index contributed by atoms with van der Waals surface area (Å²) in [5.74, 6) is -1.37. The molecule has 0 radical (unpaired) electrons. The summed E-state index contributed by atoms with van der Waals surface area (Å²) in [6.07, 6.45) is 0. The second kappa shape index (κ2) is 9.83. The number of anilines is 2. The summed E-state index contributed by atoms with van der Waals surface area (Å²) in [6, 6.07) is 19.9. The summed E-state index contributed by atoms with van der Waals surface area (Å²) in [4.78, 5) is 39.6. The van der Waals surface area contributed by atoms with Crippen LogP contribution in [0.25, 0.3) is 0 Å². The maximum Gasteiger partial charge on any atom is 0.279 e. The van der Waals surface area contributed by atoms with Crippen molar-refractivity contribution in [3.8, 4) is 0 Å². The molecule has 3 amide bonds. The van der Waals surface area contributed by atoms with Gasteiger partial charge in [0, 0.05) is 21.4 Å². The number of benzene rings is 3. The zero-order valence-electron chi connectivity index (χ0n) is 18.5. The number of hydrogen-bond acceptors (Lipinski definition) is 4. The van der Waals surface area contributed by atoms with Crippen LogP contribution in [0.1, 0.15) is 27.0 Å². The molecule has 4 rings (SSSR count). The highest BCUT2D eigenvalue weighted by molar-refractivity contribution is 9.10. The van der Waals surface area contributed by atoms with Gasteiger partial charge in [0.15, 0.2) is 0 Å². The van der Waals surface area contributed by atoms with Crippen LogP contribution < -0.4 is 10.6 Å². The van der Waals surface area contributed by atoms with Crippen molar-refractivity contribution in [2.75, 3.05) is 10.6 Å². The van der Waals surface area contributed by atoms with Gasteiger partial charge in [-0.05, 0) is 60.9 Å². The number of amides is 3. The van der Waals surface area contributed by atoms with Gasteiger partial charge >= 0.3 is 0 Å². The third kappa shape index (κ3) is 4.90. The Bertz CT molecular complexity index is 1340. The van der Waals surface area contributed by atoms with E-state index in [1.165, 1.54) is 0 Å². The Kier molecular flexibility index (Phi) is 6.86. The Labute approximate surface area is 210 Å². The normalized spacial score (nSPS) is 13.5. The molecule has 172 valence electrons. The average Bonchev–Trinajstić information content (AvgIpc) is 3.01. The van der Waals surface area contributed by atoms with Gasteiger partial charge in [0.25, 0.3) is 17.7 Å². The number of hydrogen-bond donors (Lipinski definition) is 2. The molecule has 0 atom stereocenters. The van der Waals surface area contributed by atoms with Crippen LogP contribution in [0.4, 0.5) is 11.4 Å². The molecule has 3 aromatic carbocycles. The van der Waals surface area contributed by atoms with Crippen molar-refractivity contribution >= 4 is 56.6 Å². The fourth-order valence-corrected chi connectivity index (χ4v) is 4.26. The van der Waals surface area contributed by atoms with Crippen LogP contribution in [0.3, 0.4) is 0 Å². The smallest absolute Gasteiger partial charge is 0.279 e. The van der Waals surface area contributed by atoms with Gasteiger partial charge in [0.2, 0.25) is 0 Å². The first-order valence-corrected chi connectivity index (χ1v) is 11.7. The number of rotatable bonds is 6. The average molecular weight is 539 g/mol. The van der Waals surface area contributed by atoms with E-state index in [0.29, 0.717) is 16.9 Å². The van der Waals surface area contributed by atoms with Crippen LogP contribution in [0.2, 0.25) is 0 Å². The third-order valence-corrected chi connectivity index (χ3v) is 6.33. The fourth-order valence-electron chi connectivity index (χ4n) is 3.56. The molecule has 0 spiro atoms. The monoisotopic (exact) mass is 537 g/mol. The van der Waals surface area contributed by atoms with Gasteiger partial charge < -0.3 is 10.6 Å². The molecule has 1 heterocycles. The SMILES string of the molecule is Cc1cc(Br)ccc1NC(=O)c1ccc(C)c(NC2=C(Cl)C(=O)N(Cc3ccccc3)C2=O)c1. The molecule has 1 aliphatic rings. The molecule has 0 saturated heterocycles. The van der Waals surface area contributed by atoms with Crippen molar-refractivity contribution in [1.82, 2.24) is 4.90 Å². The van der Waals surface area contributed by atoms with E-state index >= 15 is 0 Å². The fraction of sp³-hybridized carbons (Fsp3) is 0.115. The van der Waals surface area contributed by atoms with Gasteiger partial charge in [0.1, 0.15) is 10.7 Å². The summed E-state index contributed by atoms with van der Waals surface area (Å²) >= 11 is 9.66. The second-order valence-electron chi connectivity index (χ2n) is 7.94. The predicted molar refractivity (Wildman–Crippen MR) is 137 cm³/mol. The molecule has 0 saturated carbocycles. The van der Waals surface area contributed by atoms with Gasteiger partial charge in [-0.3, -0.25) is 19.3 Å². The maximum absolute atomic E-state index is 13.0. The lowest BCUT2D eigenvalue weighted by atomic mass is 10.1. The number of aryl methyl sites for hydroxylation is 2.